The summed E-state index contributed by atoms with van der Waals surface area (Å²) in [6.07, 6.45) is -3.04. The second kappa shape index (κ2) is 4.76. The van der Waals surface area contributed by atoms with Gasteiger partial charge in [0.2, 0.25) is 0 Å². The Labute approximate surface area is 111 Å². The van der Waals surface area contributed by atoms with Gasteiger partial charge in [0.15, 0.2) is 12.0 Å². The molecule has 1 fully saturated rings. The number of H-pyrrole nitrogens is 1. The van der Waals surface area contributed by atoms with E-state index in [0.717, 1.165) is 10.8 Å². The van der Waals surface area contributed by atoms with Gasteiger partial charge in [0, 0.05) is 0 Å². The molecule has 0 saturated carbocycles. The van der Waals surface area contributed by atoms with Gasteiger partial charge in [0.1, 0.15) is 22.4 Å². The van der Waals surface area contributed by atoms with E-state index in [1.165, 1.54) is 6.92 Å². The third-order valence-electron chi connectivity index (χ3n) is 3.11. The highest BCUT2D eigenvalue weighted by Gasteiger charge is 2.53. The molecule has 4 N–H and O–H groups in total. The molecule has 2 rings (SSSR count). The quantitative estimate of drug-likeness (QED) is 0.523. The molecular formula is C10H13FN2O5S. The van der Waals surface area contributed by atoms with Gasteiger partial charge in [-0.15, -0.1) is 0 Å². The van der Waals surface area contributed by atoms with Crippen LogP contribution in [-0.4, -0.2) is 49.3 Å². The first-order valence-corrected chi connectivity index (χ1v) is 5.87. The molecule has 4 atom stereocenters. The van der Waals surface area contributed by atoms with E-state index in [1.54, 1.807) is 0 Å². The Bertz CT molecular complexity index is 598. The van der Waals surface area contributed by atoms with Crippen LogP contribution in [0.15, 0.2) is 11.0 Å². The Morgan fingerprint density at radius 3 is 2.84 bits per heavy atom. The predicted molar refractivity (Wildman–Crippen MR) is 63.5 cm³/mol. The largest absolute Gasteiger partial charge is 0.394 e. The van der Waals surface area contributed by atoms with Gasteiger partial charge in [-0.25, -0.2) is 9.18 Å². The van der Waals surface area contributed by atoms with E-state index >= 15 is 0 Å². The highest BCUT2D eigenvalue weighted by molar-refractivity contribution is 7.71. The zero-order valence-electron chi connectivity index (χ0n) is 9.91. The third kappa shape index (κ3) is 2.23. The Hall–Kier alpha value is -1.13. The molecular weight excluding hydrogens is 279 g/mol. The molecule has 1 aliphatic heterocycles. The number of nitrogens with zero attached hydrogens (tertiary/aromatic N) is 1. The topological polar surface area (TPSA) is 108 Å². The third-order valence-corrected chi connectivity index (χ3v) is 3.41. The van der Waals surface area contributed by atoms with Crippen molar-refractivity contribution in [3.63, 3.8) is 0 Å². The van der Waals surface area contributed by atoms with E-state index in [-0.39, 0.29) is 4.64 Å². The summed E-state index contributed by atoms with van der Waals surface area (Å²) in [5.74, 6) is -0.865. The van der Waals surface area contributed by atoms with Gasteiger partial charge < -0.3 is 20.1 Å². The molecule has 106 valence electrons. The number of aliphatic hydroxyl groups is 3. The van der Waals surface area contributed by atoms with Crippen LogP contribution in [0, 0.1) is 10.5 Å². The molecule has 9 heteroatoms. The van der Waals surface area contributed by atoms with Gasteiger partial charge in [-0.3, -0.25) is 9.55 Å². The maximum absolute atomic E-state index is 13.4. The van der Waals surface area contributed by atoms with Gasteiger partial charge in [0.25, 0.3) is 0 Å². The number of hydrogen-bond acceptors (Lipinski definition) is 6. The van der Waals surface area contributed by atoms with E-state index in [4.69, 9.17) is 9.84 Å². The van der Waals surface area contributed by atoms with Crippen molar-refractivity contribution in [2.45, 2.75) is 31.0 Å². The average molecular weight is 292 g/mol. The maximum atomic E-state index is 13.4. The molecule has 19 heavy (non-hydrogen) atoms. The molecule has 1 aromatic rings. The van der Waals surface area contributed by atoms with E-state index in [9.17, 15) is 19.4 Å². The van der Waals surface area contributed by atoms with E-state index < -0.39 is 42.2 Å². The molecule has 7 nitrogen and oxygen atoms in total. The molecule has 0 spiro atoms. The van der Waals surface area contributed by atoms with Crippen molar-refractivity contribution in [1.82, 2.24) is 9.55 Å². The van der Waals surface area contributed by atoms with Crippen molar-refractivity contribution >= 4 is 12.2 Å². The number of halogens is 1. The minimum absolute atomic E-state index is 0.363. The van der Waals surface area contributed by atoms with Gasteiger partial charge >= 0.3 is 5.69 Å². The second-order valence-corrected chi connectivity index (χ2v) is 4.93. The number of aromatic amines is 1. The number of hydrogen-bond donors (Lipinski definition) is 4. The summed E-state index contributed by atoms with van der Waals surface area (Å²) >= 11 is 4.56. The van der Waals surface area contributed by atoms with Gasteiger partial charge in [0.05, 0.1) is 12.8 Å². The molecule has 1 saturated heterocycles. The van der Waals surface area contributed by atoms with Crippen LogP contribution in [0.25, 0.3) is 0 Å². The van der Waals surface area contributed by atoms with Crippen molar-refractivity contribution in [3.8, 4) is 0 Å². The zero-order valence-corrected chi connectivity index (χ0v) is 10.7. The van der Waals surface area contributed by atoms with Crippen molar-refractivity contribution in [3.05, 3.63) is 27.1 Å². The summed E-state index contributed by atoms with van der Waals surface area (Å²) in [6.45, 7) is 0.678. The lowest BCUT2D eigenvalue weighted by molar-refractivity contribution is -0.0990. The fourth-order valence-corrected chi connectivity index (χ4v) is 2.17. The monoisotopic (exact) mass is 292 g/mol. The average Bonchev–Trinajstić information content (AvgIpc) is 2.56. The highest BCUT2D eigenvalue weighted by Crippen LogP contribution is 2.37. The molecule has 0 bridgehead atoms. The van der Waals surface area contributed by atoms with Gasteiger partial charge in [-0.1, -0.05) is 12.2 Å². The number of aromatic nitrogens is 2. The van der Waals surface area contributed by atoms with Crippen LogP contribution in [-0.2, 0) is 4.74 Å². The van der Waals surface area contributed by atoms with Crippen molar-refractivity contribution in [2.24, 2.45) is 0 Å². The molecule has 0 aliphatic carbocycles. The molecule has 2 heterocycles. The number of ether oxygens (including phenoxy) is 1. The lowest BCUT2D eigenvalue weighted by atomic mass is 9.96. The Balaban J connectivity index is 2.51. The summed E-state index contributed by atoms with van der Waals surface area (Å²) in [7, 11) is 0. The van der Waals surface area contributed by atoms with E-state index in [0.29, 0.717) is 0 Å². The number of nitrogens with one attached hydrogen (secondary N) is 1. The van der Waals surface area contributed by atoms with E-state index in [2.05, 4.69) is 17.2 Å². The van der Waals surface area contributed by atoms with Crippen LogP contribution in [0.5, 0.6) is 0 Å². The number of rotatable bonds is 2. The smallest absolute Gasteiger partial charge is 0.328 e. The van der Waals surface area contributed by atoms with Crippen LogP contribution in [0.1, 0.15) is 13.2 Å². The Kier molecular flexibility index (Phi) is 3.58. The Morgan fingerprint density at radius 2 is 2.32 bits per heavy atom. The normalized spacial score (nSPS) is 34.7. The van der Waals surface area contributed by atoms with Gasteiger partial charge in [-0.2, -0.15) is 0 Å². The molecule has 0 aromatic carbocycles. The minimum atomic E-state index is -1.86. The number of aliphatic hydroxyl groups excluding tert-OH is 2. The van der Waals surface area contributed by atoms with Crippen molar-refractivity contribution in [2.75, 3.05) is 6.61 Å². The van der Waals surface area contributed by atoms with Crippen LogP contribution in [0.2, 0.25) is 0 Å². The molecule has 1 aromatic heterocycles. The summed E-state index contributed by atoms with van der Waals surface area (Å²) in [5, 5.41) is 29.0. The lowest BCUT2D eigenvalue weighted by Gasteiger charge is -2.27. The minimum Gasteiger partial charge on any atom is -0.394 e. The molecule has 1 unspecified atom stereocenters. The fourth-order valence-electron chi connectivity index (χ4n) is 2.03. The van der Waals surface area contributed by atoms with Crippen molar-refractivity contribution < 1.29 is 24.4 Å². The Morgan fingerprint density at radius 1 is 1.68 bits per heavy atom. The van der Waals surface area contributed by atoms with Crippen LogP contribution in [0.4, 0.5) is 4.39 Å². The standard InChI is InChI=1S/C10H13FN2O5S/c1-10(17)6(15)5(3-14)18-8(10)13-2-4(11)7(19)12-9(13)16/h2,5-6,8,14-15,17H,3H2,1H3,(H,12,16,19)/t5-,6?,8-,10-/m1/s1. The predicted octanol–water partition coefficient (Wildman–Crippen LogP) is -0.953. The summed E-state index contributed by atoms with van der Waals surface area (Å²) in [5.41, 5.74) is -2.65. The first-order valence-electron chi connectivity index (χ1n) is 5.46. The van der Waals surface area contributed by atoms with Crippen LogP contribution < -0.4 is 5.69 Å². The van der Waals surface area contributed by atoms with Gasteiger partial charge in [-0.05, 0) is 6.92 Å². The molecule has 1 aliphatic rings. The zero-order chi connectivity index (χ0) is 14.4. The summed E-state index contributed by atoms with van der Waals surface area (Å²) < 4.78 is 19.0. The first kappa shape index (κ1) is 14.3. The molecule has 0 amide bonds. The van der Waals surface area contributed by atoms with Crippen molar-refractivity contribution in [1.29, 1.82) is 0 Å². The fraction of sp³-hybridized carbons (Fsp3) is 0.600. The first-order chi connectivity index (χ1) is 8.78. The SMILES string of the molecule is C[C@@]1(O)C(O)[C@@H](CO)O[C@H]1n1cc(F)c(=S)[nH]c1=O. The van der Waals surface area contributed by atoms with Crippen LogP contribution in [0.3, 0.4) is 0 Å². The second-order valence-electron chi connectivity index (χ2n) is 4.52. The maximum Gasteiger partial charge on any atom is 0.328 e. The van der Waals surface area contributed by atoms with E-state index in [1.807, 2.05) is 0 Å². The summed E-state index contributed by atoms with van der Waals surface area (Å²) in [4.78, 5) is 13.8. The highest BCUT2D eigenvalue weighted by atomic mass is 32.1. The van der Waals surface area contributed by atoms with Crippen LogP contribution >= 0.6 is 12.2 Å². The summed E-state index contributed by atoms with van der Waals surface area (Å²) in [6, 6.07) is 0. The lowest BCUT2D eigenvalue weighted by Crippen LogP contribution is -2.46. The molecule has 0 radical (unpaired) electrons.